The van der Waals surface area contributed by atoms with E-state index in [4.69, 9.17) is 4.74 Å². The lowest BCUT2D eigenvalue weighted by Crippen LogP contribution is -2.31. The first-order valence-corrected chi connectivity index (χ1v) is 13.0. The maximum Gasteiger partial charge on any atom is 0.294 e. The van der Waals surface area contributed by atoms with Crippen molar-refractivity contribution in [1.29, 1.82) is 5.26 Å². The van der Waals surface area contributed by atoms with Crippen molar-refractivity contribution in [3.8, 4) is 28.1 Å². The van der Waals surface area contributed by atoms with E-state index in [-0.39, 0.29) is 23.7 Å². The highest BCUT2D eigenvalue weighted by Crippen LogP contribution is 2.45. The number of ether oxygens (including phenoxy) is 1. The molecule has 194 valence electrons. The second kappa shape index (κ2) is 10.4. The summed E-state index contributed by atoms with van der Waals surface area (Å²) >= 11 is 1.19. The highest BCUT2D eigenvalue weighted by molar-refractivity contribution is 7.17. The van der Waals surface area contributed by atoms with Crippen LogP contribution in [0.2, 0.25) is 0 Å². The number of aromatic hydroxyl groups is 1. The molecule has 9 heteroatoms. The predicted octanol–water partition coefficient (Wildman–Crippen LogP) is 5.88. The molecular formula is C30H23N3O5S. The molecule has 1 unspecified atom stereocenters. The normalized spacial score (nSPS) is 14.9. The molecule has 8 nitrogen and oxygen atoms in total. The third kappa shape index (κ3) is 4.62. The summed E-state index contributed by atoms with van der Waals surface area (Å²) in [6, 6.07) is 21.3. The van der Waals surface area contributed by atoms with Crippen molar-refractivity contribution in [3.05, 3.63) is 106 Å². The van der Waals surface area contributed by atoms with E-state index in [0.29, 0.717) is 32.4 Å². The molecule has 1 atom stereocenters. The molecule has 3 aromatic carbocycles. The van der Waals surface area contributed by atoms with Gasteiger partial charge in [-0.1, -0.05) is 36.4 Å². The first kappa shape index (κ1) is 25.7. The summed E-state index contributed by atoms with van der Waals surface area (Å²) in [6.45, 7) is 3.77. The number of rotatable bonds is 7. The SMILES string of the molecule is CCOc1cc(C2C(C(=O)c3sc(-c4ccccc4)nc3C)=C(O)C(=O)N2c2ccc(C#N)cc2)ccc1O. The Kier molecular flexibility index (Phi) is 6.88. The fourth-order valence-electron chi connectivity index (χ4n) is 4.52. The fourth-order valence-corrected chi connectivity index (χ4v) is 5.55. The van der Waals surface area contributed by atoms with Crippen LogP contribution in [-0.4, -0.2) is 33.5 Å². The van der Waals surface area contributed by atoms with E-state index in [0.717, 1.165) is 5.56 Å². The van der Waals surface area contributed by atoms with Crippen LogP contribution in [0.25, 0.3) is 10.6 Å². The third-order valence-electron chi connectivity index (χ3n) is 6.35. The van der Waals surface area contributed by atoms with Gasteiger partial charge in [-0.2, -0.15) is 5.26 Å². The summed E-state index contributed by atoms with van der Waals surface area (Å²) in [7, 11) is 0. The van der Waals surface area contributed by atoms with Gasteiger partial charge in [0.1, 0.15) is 5.01 Å². The minimum Gasteiger partial charge on any atom is -0.504 e. The quantitative estimate of drug-likeness (QED) is 0.282. The standard InChI is InChI=1S/C30H23N3O5S/c1-3-38-23-15-20(11-14-22(23)34)25-24(27(36)30(37)33(25)21-12-9-18(16-31)10-13-21)26(35)28-17(2)32-29(39-28)19-7-5-4-6-8-19/h4-15,25,34,36H,3H2,1-2H3. The molecule has 1 aromatic heterocycles. The van der Waals surface area contributed by atoms with Crippen molar-refractivity contribution in [1.82, 2.24) is 4.98 Å². The largest absolute Gasteiger partial charge is 0.504 e. The van der Waals surface area contributed by atoms with E-state index in [1.54, 1.807) is 50.2 Å². The van der Waals surface area contributed by atoms with E-state index in [1.807, 2.05) is 36.4 Å². The van der Waals surface area contributed by atoms with Gasteiger partial charge in [0.2, 0.25) is 5.78 Å². The van der Waals surface area contributed by atoms with Gasteiger partial charge < -0.3 is 14.9 Å². The average molecular weight is 538 g/mol. The second-order valence-corrected chi connectivity index (χ2v) is 9.79. The van der Waals surface area contributed by atoms with Crippen LogP contribution in [0.1, 0.15) is 39.5 Å². The number of aromatic nitrogens is 1. The van der Waals surface area contributed by atoms with Gasteiger partial charge in [-0.05, 0) is 55.8 Å². The summed E-state index contributed by atoms with van der Waals surface area (Å²) in [5.41, 5.74) is 2.45. The van der Waals surface area contributed by atoms with Crippen molar-refractivity contribution < 1.29 is 24.5 Å². The minimum atomic E-state index is -1.03. The summed E-state index contributed by atoms with van der Waals surface area (Å²) in [4.78, 5) is 33.7. The number of carbonyl (C=O) groups is 2. The maximum atomic E-state index is 14.1. The molecule has 1 amide bonds. The van der Waals surface area contributed by atoms with Crippen LogP contribution in [0.15, 0.2) is 84.1 Å². The lowest BCUT2D eigenvalue weighted by molar-refractivity contribution is -0.117. The van der Waals surface area contributed by atoms with Crippen LogP contribution in [0.5, 0.6) is 11.5 Å². The number of nitriles is 1. The smallest absolute Gasteiger partial charge is 0.294 e. The van der Waals surface area contributed by atoms with E-state index in [2.05, 4.69) is 4.98 Å². The number of carbonyl (C=O) groups excluding carboxylic acids is 2. The van der Waals surface area contributed by atoms with Gasteiger partial charge in [0.05, 0.1) is 40.4 Å². The van der Waals surface area contributed by atoms with Crippen molar-refractivity contribution in [2.45, 2.75) is 19.9 Å². The van der Waals surface area contributed by atoms with Crippen LogP contribution in [0, 0.1) is 18.3 Å². The molecule has 0 spiro atoms. The van der Waals surface area contributed by atoms with Crippen LogP contribution >= 0.6 is 11.3 Å². The van der Waals surface area contributed by atoms with Crippen LogP contribution in [0.3, 0.4) is 0 Å². The molecule has 0 aliphatic carbocycles. The molecule has 0 saturated heterocycles. The number of benzene rings is 3. The van der Waals surface area contributed by atoms with Crippen molar-refractivity contribution in [3.63, 3.8) is 0 Å². The Hall–Kier alpha value is -4.94. The van der Waals surface area contributed by atoms with Gasteiger partial charge in [0.25, 0.3) is 5.91 Å². The number of Topliss-reactive ketones (excluding diaryl/α,β-unsaturated/α-hetero) is 1. The van der Waals surface area contributed by atoms with E-state index < -0.39 is 23.5 Å². The third-order valence-corrected chi connectivity index (χ3v) is 7.56. The Bertz CT molecular complexity index is 1650. The monoisotopic (exact) mass is 537 g/mol. The van der Waals surface area contributed by atoms with E-state index in [1.165, 1.54) is 22.3 Å². The predicted molar refractivity (Wildman–Crippen MR) is 147 cm³/mol. The average Bonchev–Trinajstić information content (AvgIpc) is 3.47. The number of amides is 1. The Morgan fingerprint density at radius 1 is 1.10 bits per heavy atom. The molecule has 0 saturated carbocycles. The lowest BCUT2D eigenvalue weighted by Gasteiger charge is -2.27. The van der Waals surface area contributed by atoms with Crippen molar-refractivity contribution in [2.24, 2.45) is 0 Å². The maximum absolute atomic E-state index is 14.1. The van der Waals surface area contributed by atoms with Gasteiger partial charge in [0.15, 0.2) is 17.3 Å². The number of aliphatic hydroxyl groups excluding tert-OH is 1. The number of ketones is 1. The van der Waals surface area contributed by atoms with Crippen LogP contribution in [0.4, 0.5) is 5.69 Å². The highest BCUT2D eigenvalue weighted by Gasteiger charge is 2.45. The fraction of sp³-hybridized carbons (Fsp3) is 0.133. The topological polar surface area (TPSA) is 124 Å². The first-order chi connectivity index (χ1) is 18.8. The molecule has 0 radical (unpaired) electrons. The van der Waals surface area contributed by atoms with Crippen molar-refractivity contribution in [2.75, 3.05) is 11.5 Å². The number of aliphatic hydroxyl groups is 1. The summed E-state index contributed by atoms with van der Waals surface area (Å²) in [5.74, 6) is -1.87. The number of hydrogen-bond acceptors (Lipinski definition) is 8. The molecule has 1 aliphatic heterocycles. The Labute approximate surface area is 228 Å². The zero-order chi connectivity index (χ0) is 27.7. The van der Waals surface area contributed by atoms with Gasteiger partial charge in [0, 0.05) is 11.3 Å². The number of phenolic OH excluding ortho intramolecular Hbond substituents is 1. The highest BCUT2D eigenvalue weighted by atomic mass is 32.1. The first-order valence-electron chi connectivity index (χ1n) is 12.1. The number of phenols is 1. The van der Waals surface area contributed by atoms with Gasteiger partial charge in [-0.3, -0.25) is 14.5 Å². The zero-order valence-corrected chi connectivity index (χ0v) is 21.9. The molecule has 2 N–H and O–H groups in total. The van der Waals surface area contributed by atoms with Gasteiger partial charge in [-0.25, -0.2) is 4.98 Å². The second-order valence-electron chi connectivity index (χ2n) is 8.79. The Morgan fingerprint density at radius 3 is 2.49 bits per heavy atom. The summed E-state index contributed by atoms with van der Waals surface area (Å²) < 4.78 is 5.55. The molecule has 2 heterocycles. The van der Waals surface area contributed by atoms with Crippen LogP contribution in [-0.2, 0) is 4.79 Å². The number of aryl methyl sites for hydroxylation is 1. The number of hydrogen-bond donors (Lipinski definition) is 2. The number of nitrogens with zero attached hydrogens (tertiary/aromatic N) is 3. The Morgan fingerprint density at radius 2 is 1.82 bits per heavy atom. The van der Waals surface area contributed by atoms with Gasteiger partial charge in [-0.15, -0.1) is 11.3 Å². The zero-order valence-electron chi connectivity index (χ0n) is 21.1. The Balaban J connectivity index is 1.65. The molecule has 39 heavy (non-hydrogen) atoms. The van der Waals surface area contributed by atoms with Crippen molar-refractivity contribution >= 4 is 28.7 Å². The summed E-state index contributed by atoms with van der Waals surface area (Å²) in [6.07, 6.45) is 0. The summed E-state index contributed by atoms with van der Waals surface area (Å²) in [5, 5.41) is 31.3. The lowest BCUT2D eigenvalue weighted by atomic mass is 9.94. The molecule has 5 rings (SSSR count). The molecule has 1 aliphatic rings. The molecule has 4 aromatic rings. The molecule has 0 fully saturated rings. The number of anilines is 1. The van der Waals surface area contributed by atoms with E-state index in [9.17, 15) is 25.1 Å². The number of thiazole rings is 1. The van der Waals surface area contributed by atoms with Crippen LogP contribution < -0.4 is 9.64 Å². The van der Waals surface area contributed by atoms with Gasteiger partial charge >= 0.3 is 0 Å². The minimum absolute atomic E-state index is 0.0956. The molecule has 0 bridgehead atoms. The molecular weight excluding hydrogens is 514 g/mol. The van der Waals surface area contributed by atoms with E-state index >= 15 is 0 Å².